The third-order valence-corrected chi connectivity index (χ3v) is 6.41. The van der Waals surface area contributed by atoms with Crippen molar-refractivity contribution in [3.63, 3.8) is 0 Å². The SMILES string of the molecule is CCOc1ccc(C(C)NS(=O)(=O)c2ccc(N3C(=O)CCC3=O)cc2)cc1OCC. The minimum Gasteiger partial charge on any atom is -0.490 e. The van der Waals surface area contributed by atoms with Crippen LogP contribution < -0.4 is 19.1 Å². The molecule has 1 aliphatic heterocycles. The van der Waals surface area contributed by atoms with Gasteiger partial charge in [-0.3, -0.25) is 14.5 Å². The Bertz CT molecular complexity index is 1050. The van der Waals surface area contributed by atoms with E-state index in [2.05, 4.69) is 4.72 Å². The molecular formula is C22H26N2O6S. The van der Waals surface area contributed by atoms with Crippen molar-refractivity contribution in [2.45, 2.75) is 44.6 Å². The normalized spacial score (nSPS) is 15.3. The van der Waals surface area contributed by atoms with Gasteiger partial charge in [-0.15, -0.1) is 0 Å². The lowest BCUT2D eigenvalue weighted by Crippen LogP contribution is -2.29. The van der Waals surface area contributed by atoms with Crippen molar-refractivity contribution < 1.29 is 27.5 Å². The fourth-order valence-electron chi connectivity index (χ4n) is 3.34. The number of carbonyl (C=O) groups excluding carboxylic acids is 2. The summed E-state index contributed by atoms with van der Waals surface area (Å²) in [6.45, 7) is 6.42. The predicted octanol–water partition coefficient (Wildman–Crippen LogP) is 3.18. The average Bonchev–Trinajstić information content (AvgIpc) is 3.07. The predicted molar refractivity (Wildman–Crippen MR) is 116 cm³/mol. The number of sulfonamides is 1. The maximum atomic E-state index is 12.8. The fraction of sp³-hybridized carbons (Fsp3) is 0.364. The zero-order valence-corrected chi connectivity index (χ0v) is 18.6. The lowest BCUT2D eigenvalue weighted by molar-refractivity contribution is -0.121. The first-order valence-corrected chi connectivity index (χ1v) is 11.6. The second-order valence-corrected chi connectivity index (χ2v) is 8.75. The van der Waals surface area contributed by atoms with Crippen molar-refractivity contribution in [3.05, 3.63) is 48.0 Å². The molecular weight excluding hydrogens is 420 g/mol. The number of carbonyl (C=O) groups is 2. The van der Waals surface area contributed by atoms with Gasteiger partial charge in [-0.25, -0.2) is 13.1 Å². The molecule has 0 saturated carbocycles. The number of ether oxygens (including phenoxy) is 2. The van der Waals surface area contributed by atoms with E-state index in [0.717, 1.165) is 10.5 Å². The molecule has 0 bridgehead atoms. The van der Waals surface area contributed by atoms with Crippen molar-refractivity contribution in [1.82, 2.24) is 4.72 Å². The van der Waals surface area contributed by atoms with E-state index < -0.39 is 16.1 Å². The maximum Gasteiger partial charge on any atom is 0.241 e. The molecule has 8 nitrogen and oxygen atoms in total. The van der Waals surface area contributed by atoms with Crippen molar-refractivity contribution in [1.29, 1.82) is 0 Å². The van der Waals surface area contributed by atoms with Crippen LogP contribution in [0.3, 0.4) is 0 Å². The fourth-order valence-corrected chi connectivity index (χ4v) is 4.58. The number of benzene rings is 2. The van der Waals surface area contributed by atoms with Crippen molar-refractivity contribution in [2.75, 3.05) is 18.1 Å². The van der Waals surface area contributed by atoms with Crippen LogP contribution in [0.15, 0.2) is 47.4 Å². The summed E-state index contributed by atoms with van der Waals surface area (Å²) in [4.78, 5) is 24.9. The quantitative estimate of drug-likeness (QED) is 0.594. The number of hydrogen-bond acceptors (Lipinski definition) is 6. The third kappa shape index (κ3) is 5.05. The van der Waals surface area contributed by atoms with Crippen LogP contribution in [0.25, 0.3) is 0 Å². The highest BCUT2D eigenvalue weighted by atomic mass is 32.2. The summed E-state index contributed by atoms with van der Waals surface area (Å²) in [5, 5.41) is 0. The Balaban J connectivity index is 1.78. The van der Waals surface area contributed by atoms with E-state index in [0.29, 0.717) is 30.4 Å². The Morgan fingerprint density at radius 3 is 2.10 bits per heavy atom. The van der Waals surface area contributed by atoms with Gasteiger partial charge in [0.2, 0.25) is 21.8 Å². The molecule has 1 fully saturated rings. The Morgan fingerprint density at radius 1 is 0.935 bits per heavy atom. The van der Waals surface area contributed by atoms with Gasteiger partial charge in [0.15, 0.2) is 11.5 Å². The Morgan fingerprint density at radius 2 is 1.52 bits per heavy atom. The summed E-state index contributed by atoms with van der Waals surface area (Å²) in [5.41, 5.74) is 1.09. The number of imide groups is 1. The summed E-state index contributed by atoms with van der Waals surface area (Å²) in [6, 6.07) is 10.5. The average molecular weight is 447 g/mol. The van der Waals surface area contributed by atoms with Gasteiger partial charge >= 0.3 is 0 Å². The molecule has 3 rings (SSSR count). The van der Waals surface area contributed by atoms with Crippen LogP contribution in [0, 0.1) is 0 Å². The van der Waals surface area contributed by atoms with Crippen LogP contribution in [0.2, 0.25) is 0 Å². The van der Waals surface area contributed by atoms with E-state index >= 15 is 0 Å². The third-order valence-electron chi connectivity index (χ3n) is 4.86. The first-order valence-electron chi connectivity index (χ1n) is 10.1. The second-order valence-electron chi connectivity index (χ2n) is 7.03. The molecule has 1 N–H and O–H groups in total. The van der Waals surface area contributed by atoms with Gasteiger partial charge in [0, 0.05) is 18.9 Å². The summed E-state index contributed by atoms with van der Waals surface area (Å²) in [5.74, 6) is 0.586. The van der Waals surface area contributed by atoms with E-state index in [1.165, 1.54) is 24.3 Å². The van der Waals surface area contributed by atoms with Gasteiger partial charge < -0.3 is 9.47 Å². The maximum absolute atomic E-state index is 12.8. The summed E-state index contributed by atoms with van der Waals surface area (Å²) < 4.78 is 39.5. The highest BCUT2D eigenvalue weighted by Crippen LogP contribution is 2.31. The van der Waals surface area contributed by atoms with E-state index in [1.54, 1.807) is 25.1 Å². The molecule has 31 heavy (non-hydrogen) atoms. The number of hydrogen-bond donors (Lipinski definition) is 1. The second kappa shape index (κ2) is 9.49. The van der Waals surface area contributed by atoms with Crippen LogP contribution in [-0.2, 0) is 19.6 Å². The van der Waals surface area contributed by atoms with Crippen LogP contribution in [0.4, 0.5) is 5.69 Å². The van der Waals surface area contributed by atoms with Crippen LogP contribution >= 0.6 is 0 Å². The van der Waals surface area contributed by atoms with Crippen LogP contribution in [0.1, 0.15) is 45.2 Å². The molecule has 2 aromatic carbocycles. The smallest absolute Gasteiger partial charge is 0.241 e. The number of nitrogens with zero attached hydrogens (tertiary/aromatic N) is 1. The molecule has 2 amide bonds. The van der Waals surface area contributed by atoms with Crippen molar-refractivity contribution in [3.8, 4) is 11.5 Å². The molecule has 0 aliphatic carbocycles. The van der Waals surface area contributed by atoms with E-state index in [4.69, 9.17) is 9.47 Å². The zero-order valence-electron chi connectivity index (χ0n) is 17.8. The lowest BCUT2D eigenvalue weighted by Gasteiger charge is -2.18. The first-order chi connectivity index (χ1) is 14.8. The van der Waals surface area contributed by atoms with Crippen molar-refractivity contribution >= 4 is 27.5 Å². The van der Waals surface area contributed by atoms with E-state index in [1.807, 2.05) is 13.8 Å². The van der Waals surface area contributed by atoms with Gasteiger partial charge in [-0.05, 0) is 62.7 Å². The summed E-state index contributed by atoms with van der Waals surface area (Å²) in [7, 11) is -3.83. The number of anilines is 1. The summed E-state index contributed by atoms with van der Waals surface area (Å²) >= 11 is 0. The Labute approximate surface area is 182 Å². The molecule has 1 aliphatic rings. The Hall–Kier alpha value is -2.91. The van der Waals surface area contributed by atoms with Gasteiger partial charge in [0.1, 0.15) is 0 Å². The highest BCUT2D eigenvalue weighted by Gasteiger charge is 2.30. The highest BCUT2D eigenvalue weighted by molar-refractivity contribution is 7.89. The molecule has 1 unspecified atom stereocenters. The van der Waals surface area contributed by atoms with Crippen LogP contribution in [-0.4, -0.2) is 33.4 Å². The summed E-state index contributed by atoms with van der Waals surface area (Å²) in [6.07, 6.45) is 0.341. The molecule has 0 radical (unpaired) electrons. The van der Waals surface area contributed by atoms with E-state index in [-0.39, 0.29) is 29.6 Å². The number of nitrogens with one attached hydrogen (secondary N) is 1. The molecule has 166 valence electrons. The Kier molecular flexibility index (Phi) is 6.97. The molecule has 0 aromatic heterocycles. The van der Waals surface area contributed by atoms with Gasteiger partial charge in [0.05, 0.1) is 23.8 Å². The molecule has 2 aromatic rings. The van der Waals surface area contributed by atoms with Gasteiger partial charge in [-0.2, -0.15) is 0 Å². The molecule has 0 spiro atoms. The van der Waals surface area contributed by atoms with Gasteiger partial charge in [-0.1, -0.05) is 6.07 Å². The minimum absolute atomic E-state index is 0.0400. The first kappa shape index (κ1) is 22.8. The van der Waals surface area contributed by atoms with Crippen LogP contribution in [0.5, 0.6) is 11.5 Å². The van der Waals surface area contributed by atoms with E-state index in [9.17, 15) is 18.0 Å². The number of amides is 2. The standard InChI is InChI=1S/C22H26N2O6S/c1-4-29-19-11-6-16(14-20(19)30-5-2)15(3)23-31(27,28)18-9-7-17(8-10-18)24-21(25)12-13-22(24)26/h6-11,14-15,23H,4-5,12-13H2,1-3H3. The van der Waals surface area contributed by atoms with Gasteiger partial charge in [0.25, 0.3) is 0 Å². The van der Waals surface area contributed by atoms with Crippen molar-refractivity contribution in [2.24, 2.45) is 0 Å². The topological polar surface area (TPSA) is 102 Å². The zero-order chi connectivity index (χ0) is 22.6. The minimum atomic E-state index is -3.83. The monoisotopic (exact) mass is 446 g/mol. The largest absolute Gasteiger partial charge is 0.490 e. The molecule has 1 heterocycles. The molecule has 1 atom stereocenters. The molecule has 1 saturated heterocycles. The molecule has 9 heteroatoms. The lowest BCUT2D eigenvalue weighted by atomic mass is 10.1. The number of rotatable bonds is 9.